The van der Waals surface area contributed by atoms with Crippen LogP contribution in [0.1, 0.15) is 26.5 Å². The van der Waals surface area contributed by atoms with Gasteiger partial charge in [-0.15, -0.1) is 0 Å². The van der Waals surface area contributed by atoms with Crippen molar-refractivity contribution in [3.8, 4) is 11.1 Å². The predicted molar refractivity (Wildman–Crippen MR) is 109 cm³/mol. The van der Waals surface area contributed by atoms with Gasteiger partial charge in [0.05, 0.1) is 6.54 Å². The molecule has 0 fully saturated rings. The zero-order valence-electron chi connectivity index (χ0n) is 16.2. The molecule has 5 N–H and O–H groups in total. The first kappa shape index (κ1) is 21.7. The number of carboxylic acids is 2. The monoisotopic (exact) mass is 424 g/mol. The van der Waals surface area contributed by atoms with E-state index in [0.717, 1.165) is 22.8 Å². The molecule has 31 heavy (non-hydrogen) atoms. The predicted octanol–water partition coefficient (Wildman–Crippen LogP) is 1.37. The maximum Gasteiger partial charge on any atom is 0.353 e. The van der Waals surface area contributed by atoms with Crippen molar-refractivity contribution in [1.82, 2.24) is 20.6 Å². The molecule has 1 atom stereocenters. The number of carbonyl (C=O) groups is 3. The van der Waals surface area contributed by atoms with Gasteiger partial charge in [0.25, 0.3) is 5.91 Å². The summed E-state index contributed by atoms with van der Waals surface area (Å²) < 4.78 is 0. The van der Waals surface area contributed by atoms with E-state index in [2.05, 4.69) is 15.6 Å². The molecule has 0 bridgehead atoms. The number of aromatic nitrogens is 2. The Bertz CT molecular complexity index is 1060. The van der Waals surface area contributed by atoms with Gasteiger partial charge in [-0.05, 0) is 16.7 Å². The van der Waals surface area contributed by atoms with Crippen molar-refractivity contribution in [2.75, 3.05) is 6.54 Å². The summed E-state index contributed by atoms with van der Waals surface area (Å²) in [6.45, 7) is -0.293. The third-order valence-electron chi connectivity index (χ3n) is 4.41. The summed E-state index contributed by atoms with van der Waals surface area (Å²) in [5, 5.41) is 34.7. The van der Waals surface area contributed by atoms with Crippen LogP contribution in [0.3, 0.4) is 0 Å². The fourth-order valence-corrected chi connectivity index (χ4v) is 2.84. The van der Waals surface area contributed by atoms with Crippen LogP contribution in [0.5, 0.6) is 0 Å². The summed E-state index contributed by atoms with van der Waals surface area (Å²) in [6.07, 6.45) is -1.74. The number of hydrazine groups is 1. The van der Waals surface area contributed by atoms with Crippen LogP contribution in [-0.4, -0.2) is 61.0 Å². The Morgan fingerprint density at radius 1 is 1.00 bits per heavy atom. The molecule has 0 aliphatic rings. The summed E-state index contributed by atoms with van der Waals surface area (Å²) in [7, 11) is 0. The molecule has 1 heterocycles. The van der Waals surface area contributed by atoms with E-state index in [1.54, 1.807) is 0 Å². The quantitative estimate of drug-likeness (QED) is 0.323. The topological polar surface area (TPSA) is 156 Å². The molecule has 3 rings (SSSR count). The molecule has 2 aromatic carbocycles. The van der Waals surface area contributed by atoms with Gasteiger partial charge in [-0.25, -0.2) is 14.6 Å². The van der Waals surface area contributed by atoms with Gasteiger partial charge in [0.1, 0.15) is 5.69 Å². The molecule has 0 aliphatic heterocycles. The maximum atomic E-state index is 12.4. The summed E-state index contributed by atoms with van der Waals surface area (Å²) in [4.78, 5) is 34.4. The highest BCUT2D eigenvalue weighted by Gasteiger charge is 2.22. The Morgan fingerprint density at radius 3 is 2.23 bits per heavy atom. The summed E-state index contributed by atoms with van der Waals surface area (Å²) >= 11 is 0. The molecular formula is C21H20N4O6. The standard InChI is InChI=1S/C21H20N4O6/c26-18(21(30)31)12-25(24-19(27)16-10-17(20(28)29)23-22-16)11-13-6-8-15(9-7-13)14-4-2-1-3-5-14/h1-10,18,26H,11-12H2,(H,22,23)(H,24,27)(H,28,29)(H,30,31)/t18-/m1/s1. The third-order valence-corrected chi connectivity index (χ3v) is 4.41. The zero-order chi connectivity index (χ0) is 22.4. The van der Waals surface area contributed by atoms with E-state index >= 15 is 0 Å². The van der Waals surface area contributed by atoms with Crippen molar-refractivity contribution in [2.45, 2.75) is 12.6 Å². The maximum absolute atomic E-state index is 12.4. The molecule has 0 unspecified atom stereocenters. The van der Waals surface area contributed by atoms with E-state index in [1.807, 2.05) is 54.6 Å². The van der Waals surface area contributed by atoms with Gasteiger partial charge >= 0.3 is 11.9 Å². The number of aliphatic hydroxyl groups excluding tert-OH is 1. The van der Waals surface area contributed by atoms with E-state index in [-0.39, 0.29) is 17.9 Å². The molecule has 10 nitrogen and oxygen atoms in total. The second-order valence-electron chi connectivity index (χ2n) is 6.71. The minimum Gasteiger partial charge on any atom is -0.479 e. The highest BCUT2D eigenvalue weighted by Crippen LogP contribution is 2.19. The number of rotatable bonds is 9. The van der Waals surface area contributed by atoms with Gasteiger partial charge in [0.2, 0.25) is 0 Å². The van der Waals surface area contributed by atoms with Crippen LogP contribution in [0, 0.1) is 0 Å². The van der Waals surface area contributed by atoms with Gasteiger partial charge in [-0.1, -0.05) is 54.6 Å². The SMILES string of the molecule is O=C(NN(Cc1ccc(-c2ccccc2)cc1)C[C@@H](O)C(=O)O)c1cc(C(=O)O)[nH]n1. The van der Waals surface area contributed by atoms with Crippen molar-refractivity contribution in [1.29, 1.82) is 0 Å². The number of aliphatic carboxylic acids is 1. The molecule has 0 spiro atoms. The number of aromatic carboxylic acids is 1. The van der Waals surface area contributed by atoms with Crippen molar-refractivity contribution >= 4 is 17.8 Å². The van der Waals surface area contributed by atoms with Gasteiger partial charge in [0, 0.05) is 12.6 Å². The Kier molecular flexibility index (Phi) is 6.75. The molecule has 1 amide bonds. The first-order valence-corrected chi connectivity index (χ1v) is 9.23. The number of carbonyl (C=O) groups excluding carboxylic acids is 1. The Morgan fingerprint density at radius 2 is 1.65 bits per heavy atom. The van der Waals surface area contributed by atoms with Crippen LogP contribution >= 0.6 is 0 Å². The summed E-state index contributed by atoms with van der Waals surface area (Å²) in [6, 6.07) is 18.2. The highest BCUT2D eigenvalue weighted by atomic mass is 16.4. The average Bonchev–Trinajstić information content (AvgIpc) is 3.25. The lowest BCUT2D eigenvalue weighted by atomic mass is 10.0. The van der Waals surface area contributed by atoms with Gasteiger partial charge in [-0.2, -0.15) is 5.10 Å². The fourth-order valence-electron chi connectivity index (χ4n) is 2.84. The van der Waals surface area contributed by atoms with Crippen LogP contribution < -0.4 is 5.43 Å². The molecule has 0 aliphatic carbocycles. The van der Waals surface area contributed by atoms with Gasteiger partial charge in [-0.3, -0.25) is 15.3 Å². The lowest BCUT2D eigenvalue weighted by Crippen LogP contribution is -2.47. The molecular weight excluding hydrogens is 404 g/mol. The van der Waals surface area contributed by atoms with Crippen molar-refractivity contribution in [2.24, 2.45) is 0 Å². The Labute approximate surface area is 176 Å². The van der Waals surface area contributed by atoms with Crippen LogP contribution in [0.4, 0.5) is 0 Å². The molecule has 160 valence electrons. The number of amides is 1. The van der Waals surface area contributed by atoms with Gasteiger partial charge < -0.3 is 15.3 Å². The number of hydrogen-bond acceptors (Lipinski definition) is 6. The number of aromatic amines is 1. The molecule has 10 heteroatoms. The zero-order valence-corrected chi connectivity index (χ0v) is 16.2. The van der Waals surface area contributed by atoms with E-state index < -0.39 is 30.5 Å². The second-order valence-corrected chi connectivity index (χ2v) is 6.71. The van der Waals surface area contributed by atoms with E-state index in [4.69, 9.17) is 10.2 Å². The smallest absolute Gasteiger partial charge is 0.353 e. The lowest BCUT2D eigenvalue weighted by Gasteiger charge is -2.24. The summed E-state index contributed by atoms with van der Waals surface area (Å²) in [5.74, 6) is -3.46. The minimum atomic E-state index is -1.74. The van der Waals surface area contributed by atoms with Crippen LogP contribution in [0.25, 0.3) is 11.1 Å². The van der Waals surface area contributed by atoms with Crippen molar-refractivity contribution in [3.63, 3.8) is 0 Å². The van der Waals surface area contributed by atoms with E-state index in [9.17, 15) is 19.5 Å². The largest absolute Gasteiger partial charge is 0.479 e. The molecule has 0 saturated carbocycles. The fraction of sp³-hybridized carbons (Fsp3) is 0.143. The van der Waals surface area contributed by atoms with E-state index in [0.29, 0.717) is 0 Å². The highest BCUT2D eigenvalue weighted by molar-refractivity contribution is 5.95. The number of hydrogen-bond donors (Lipinski definition) is 5. The van der Waals surface area contributed by atoms with Crippen LogP contribution in [0.15, 0.2) is 60.7 Å². The van der Waals surface area contributed by atoms with Crippen LogP contribution in [-0.2, 0) is 11.3 Å². The summed E-state index contributed by atoms with van der Waals surface area (Å²) in [5.41, 5.74) is 4.79. The number of nitrogens with zero attached hydrogens (tertiary/aromatic N) is 2. The number of carboxylic acid groups (broad SMARTS) is 2. The number of nitrogens with one attached hydrogen (secondary N) is 2. The van der Waals surface area contributed by atoms with Crippen molar-refractivity contribution in [3.05, 3.63) is 77.6 Å². The number of benzene rings is 2. The second kappa shape index (κ2) is 9.65. The first-order valence-electron chi connectivity index (χ1n) is 9.23. The minimum absolute atomic E-state index is 0.0986. The molecule has 1 aromatic heterocycles. The Balaban J connectivity index is 1.74. The van der Waals surface area contributed by atoms with Crippen LogP contribution in [0.2, 0.25) is 0 Å². The normalized spacial score (nSPS) is 11.8. The lowest BCUT2D eigenvalue weighted by molar-refractivity contribution is -0.148. The average molecular weight is 424 g/mol. The third kappa shape index (κ3) is 5.75. The number of H-pyrrole nitrogens is 1. The molecule has 0 saturated heterocycles. The molecule has 0 radical (unpaired) electrons. The van der Waals surface area contributed by atoms with E-state index in [1.165, 1.54) is 5.01 Å². The molecule has 3 aromatic rings. The Hall–Kier alpha value is -4.02. The van der Waals surface area contributed by atoms with Gasteiger partial charge in [0.15, 0.2) is 11.8 Å². The van der Waals surface area contributed by atoms with Crippen molar-refractivity contribution < 1.29 is 29.7 Å². The first-order chi connectivity index (χ1) is 14.8. The number of aliphatic hydroxyl groups is 1.